The third-order valence-electron chi connectivity index (χ3n) is 5.75. The molecule has 1 amide bonds. The number of benzene rings is 2. The lowest BCUT2D eigenvalue weighted by atomic mass is 10.1. The molecule has 7 heteroatoms. The third kappa shape index (κ3) is 3.76. The van der Waals surface area contributed by atoms with Crippen LogP contribution in [-0.2, 0) is 6.54 Å². The fourth-order valence-corrected chi connectivity index (χ4v) is 4.40. The smallest absolute Gasteiger partial charge is 0.261 e. The number of hydrogen-bond acceptors (Lipinski definition) is 4. The molecule has 2 aromatic carbocycles. The quantitative estimate of drug-likeness (QED) is 0.617. The number of nitrogens with one attached hydrogen (secondary N) is 1. The minimum Gasteiger partial charge on any atom is -0.487 e. The van der Waals surface area contributed by atoms with Gasteiger partial charge in [-0.1, -0.05) is 11.6 Å². The van der Waals surface area contributed by atoms with Crippen LogP contribution in [0.4, 0.5) is 11.4 Å². The molecule has 1 aliphatic heterocycles. The summed E-state index contributed by atoms with van der Waals surface area (Å²) in [4.78, 5) is 28.5. The maximum Gasteiger partial charge on any atom is 0.261 e. The van der Waals surface area contributed by atoms with Gasteiger partial charge in [0.05, 0.1) is 22.5 Å². The Bertz CT molecular complexity index is 1230. The van der Waals surface area contributed by atoms with Gasteiger partial charge in [-0.25, -0.2) is 0 Å². The summed E-state index contributed by atoms with van der Waals surface area (Å²) in [5, 5.41) is 3.53. The highest BCUT2D eigenvalue weighted by Crippen LogP contribution is 2.33. The summed E-state index contributed by atoms with van der Waals surface area (Å²) in [5.41, 5.74) is 3.01. The molecule has 1 unspecified atom stereocenters. The van der Waals surface area contributed by atoms with Crippen molar-refractivity contribution in [3.8, 4) is 5.75 Å². The minimum atomic E-state index is -0.449. The van der Waals surface area contributed by atoms with E-state index in [1.165, 1.54) is 0 Å². The van der Waals surface area contributed by atoms with Gasteiger partial charge in [0.2, 0.25) is 5.43 Å². The molecule has 0 saturated carbocycles. The lowest BCUT2D eigenvalue weighted by Gasteiger charge is -2.26. The molecular formula is C24H26ClN3O3. The number of carbonyl (C=O) groups excluding carboxylic acids is 1. The van der Waals surface area contributed by atoms with Crippen LogP contribution < -0.4 is 20.4 Å². The third-order valence-corrected chi connectivity index (χ3v) is 6.06. The molecule has 6 nitrogen and oxygen atoms in total. The molecule has 0 radical (unpaired) electrons. The van der Waals surface area contributed by atoms with E-state index in [1.807, 2.05) is 36.6 Å². The van der Waals surface area contributed by atoms with Gasteiger partial charge in [-0.3, -0.25) is 9.59 Å². The van der Waals surface area contributed by atoms with Crippen molar-refractivity contribution in [1.29, 1.82) is 0 Å². The number of anilines is 2. The second-order valence-electron chi connectivity index (χ2n) is 7.85. The van der Waals surface area contributed by atoms with E-state index in [1.54, 1.807) is 18.3 Å². The molecule has 1 aromatic heterocycles. The summed E-state index contributed by atoms with van der Waals surface area (Å²) < 4.78 is 7.74. The van der Waals surface area contributed by atoms with Crippen LogP contribution in [0.2, 0.25) is 5.02 Å². The molecule has 0 fully saturated rings. The number of hydrogen-bond donors (Lipinski definition) is 1. The molecule has 0 spiro atoms. The summed E-state index contributed by atoms with van der Waals surface area (Å²) in [7, 11) is 0. The number of ether oxygens (including phenoxy) is 1. The van der Waals surface area contributed by atoms with Gasteiger partial charge in [0.15, 0.2) is 0 Å². The number of pyridine rings is 1. The zero-order chi connectivity index (χ0) is 22.3. The van der Waals surface area contributed by atoms with Crippen LogP contribution in [0.25, 0.3) is 10.9 Å². The fourth-order valence-electron chi connectivity index (χ4n) is 4.16. The van der Waals surface area contributed by atoms with Crippen molar-refractivity contribution < 1.29 is 9.53 Å². The lowest BCUT2D eigenvalue weighted by molar-refractivity contribution is 0.102. The highest BCUT2D eigenvalue weighted by molar-refractivity contribution is 6.35. The Hall–Kier alpha value is -2.99. The normalized spacial score (nSPS) is 14.9. The van der Waals surface area contributed by atoms with Crippen LogP contribution in [0.1, 0.15) is 36.7 Å². The summed E-state index contributed by atoms with van der Waals surface area (Å²) in [6, 6.07) is 9.30. The maximum atomic E-state index is 13.2. The maximum absolute atomic E-state index is 13.2. The Kier molecular flexibility index (Phi) is 5.67. The zero-order valence-electron chi connectivity index (χ0n) is 18.2. The van der Waals surface area contributed by atoms with Crippen molar-refractivity contribution in [2.24, 2.45) is 0 Å². The average molecular weight is 440 g/mol. The predicted octanol–water partition coefficient (Wildman–Crippen LogP) is 4.84. The number of nitrogens with zero attached hydrogens (tertiary/aromatic N) is 2. The standard InChI is InChI=1S/C24H26ClN3O3/c1-5-27(6-2)16-7-9-19(14(3)11-16)26-24(30)17-13-28-12-15(4)31-20-10-8-18(25)21(22(20)28)23(17)29/h7-11,13,15H,5-6,12H2,1-4H3,(H,26,30). The van der Waals surface area contributed by atoms with Crippen molar-refractivity contribution in [2.75, 3.05) is 23.3 Å². The number of aryl methyl sites for hydroxylation is 1. The molecule has 1 aliphatic rings. The molecule has 0 saturated heterocycles. The van der Waals surface area contributed by atoms with Crippen molar-refractivity contribution in [2.45, 2.75) is 40.3 Å². The van der Waals surface area contributed by atoms with Crippen molar-refractivity contribution in [1.82, 2.24) is 4.57 Å². The van der Waals surface area contributed by atoms with Gasteiger partial charge in [-0.2, -0.15) is 0 Å². The highest BCUT2D eigenvalue weighted by Gasteiger charge is 2.25. The van der Waals surface area contributed by atoms with Crippen LogP contribution in [0, 0.1) is 6.92 Å². The number of aromatic nitrogens is 1. The van der Waals surface area contributed by atoms with E-state index >= 15 is 0 Å². The van der Waals surface area contributed by atoms with E-state index in [2.05, 4.69) is 24.1 Å². The summed E-state index contributed by atoms with van der Waals surface area (Å²) >= 11 is 6.36. The van der Waals surface area contributed by atoms with Gasteiger partial charge < -0.3 is 19.5 Å². The lowest BCUT2D eigenvalue weighted by Crippen LogP contribution is -2.30. The first kappa shape index (κ1) is 21.2. The van der Waals surface area contributed by atoms with Crippen LogP contribution in [0.3, 0.4) is 0 Å². The topological polar surface area (TPSA) is 63.6 Å². The van der Waals surface area contributed by atoms with Gasteiger partial charge in [0.25, 0.3) is 5.91 Å². The SMILES string of the molecule is CCN(CC)c1ccc(NC(=O)c2cn3c4c(ccc(Cl)c4c2=O)OC(C)C3)c(C)c1. The van der Waals surface area contributed by atoms with Crippen LogP contribution in [0.5, 0.6) is 5.75 Å². The Balaban J connectivity index is 1.73. The molecule has 0 aliphatic carbocycles. The molecule has 2 heterocycles. The van der Waals surface area contributed by atoms with Gasteiger partial charge in [0, 0.05) is 30.7 Å². The van der Waals surface area contributed by atoms with Gasteiger partial charge in [0.1, 0.15) is 17.4 Å². The number of carbonyl (C=O) groups is 1. The Morgan fingerprint density at radius 3 is 2.68 bits per heavy atom. The van der Waals surface area contributed by atoms with E-state index in [9.17, 15) is 9.59 Å². The summed E-state index contributed by atoms with van der Waals surface area (Å²) in [5.74, 6) is 0.153. The molecule has 1 atom stereocenters. The molecule has 1 N–H and O–H groups in total. The number of amides is 1. The first-order valence-electron chi connectivity index (χ1n) is 10.5. The van der Waals surface area contributed by atoms with Gasteiger partial charge in [-0.05, 0) is 63.6 Å². The van der Waals surface area contributed by atoms with Crippen LogP contribution >= 0.6 is 11.6 Å². The van der Waals surface area contributed by atoms with Crippen LogP contribution in [-0.4, -0.2) is 29.7 Å². The second kappa shape index (κ2) is 8.27. The Morgan fingerprint density at radius 2 is 2.00 bits per heavy atom. The van der Waals surface area contributed by atoms with Gasteiger partial charge in [-0.15, -0.1) is 0 Å². The molecule has 3 aromatic rings. The van der Waals surface area contributed by atoms with E-state index in [4.69, 9.17) is 16.3 Å². The molecule has 4 rings (SSSR count). The van der Waals surface area contributed by atoms with Crippen molar-refractivity contribution in [3.63, 3.8) is 0 Å². The minimum absolute atomic E-state index is 0.0628. The van der Waals surface area contributed by atoms with E-state index in [0.29, 0.717) is 33.9 Å². The van der Waals surface area contributed by atoms with E-state index < -0.39 is 11.3 Å². The van der Waals surface area contributed by atoms with E-state index in [0.717, 1.165) is 24.3 Å². The number of halogens is 1. The van der Waals surface area contributed by atoms with Crippen molar-refractivity contribution >= 4 is 39.8 Å². The summed E-state index contributed by atoms with van der Waals surface area (Å²) in [6.07, 6.45) is 1.53. The van der Waals surface area contributed by atoms with Crippen molar-refractivity contribution in [3.05, 3.63) is 62.9 Å². The van der Waals surface area contributed by atoms with E-state index in [-0.39, 0.29) is 11.7 Å². The second-order valence-corrected chi connectivity index (χ2v) is 8.25. The monoisotopic (exact) mass is 439 g/mol. The molecule has 162 valence electrons. The highest BCUT2D eigenvalue weighted by atomic mass is 35.5. The number of rotatable bonds is 5. The fraction of sp³-hybridized carbons (Fsp3) is 0.333. The average Bonchev–Trinajstić information content (AvgIpc) is 2.74. The zero-order valence-corrected chi connectivity index (χ0v) is 18.9. The van der Waals surface area contributed by atoms with Gasteiger partial charge >= 0.3 is 0 Å². The summed E-state index contributed by atoms with van der Waals surface area (Å²) in [6.45, 7) is 10.4. The Morgan fingerprint density at radius 1 is 1.26 bits per heavy atom. The van der Waals surface area contributed by atoms with Crippen LogP contribution in [0.15, 0.2) is 41.3 Å². The molecular weight excluding hydrogens is 414 g/mol. The Labute approximate surface area is 186 Å². The first-order valence-corrected chi connectivity index (χ1v) is 10.9. The largest absolute Gasteiger partial charge is 0.487 e. The predicted molar refractivity (Wildman–Crippen MR) is 126 cm³/mol. The molecule has 31 heavy (non-hydrogen) atoms. The molecule has 0 bridgehead atoms. The first-order chi connectivity index (χ1) is 14.8.